The Morgan fingerprint density at radius 2 is 2.26 bits per heavy atom. The summed E-state index contributed by atoms with van der Waals surface area (Å²) in [6.45, 7) is 1.70. The number of aromatic nitrogens is 3. The monoisotopic (exact) mass is 323 g/mol. The largest absolute Gasteiger partial charge is 0.312 e. The highest BCUT2D eigenvalue weighted by atomic mass is 79.9. The molecule has 19 heavy (non-hydrogen) atoms. The number of nitro groups is 1. The summed E-state index contributed by atoms with van der Waals surface area (Å²) in [5, 5.41) is 22.3. The van der Waals surface area contributed by atoms with Crippen LogP contribution < -0.4 is 5.32 Å². The summed E-state index contributed by atoms with van der Waals surface area (Å²) >= 11 is 3.23. The molecule has 8 heteroatoms. The van der Waals surface area contributed by atoms with Gasteiger partial charge in [0.1, 0.15) is 5.69 Å². The van der Waals surface area contributed by atoms with Crippen molar-refractivity contribution >= 4 is 21.6 Å². The van der Waals surface area contributed by atoms with E-state index in [2.05, 4.69) is 31.6 Å². The zero-order chi connectivity index (χ0) is 13.4. The lowest BCUT2D eigenvalue weighted by atomic mass is 10.1. The number of hydrogen-bond acceptors (Lipinski definition) is 5. The summed E-state index contributed by atoms with van der Waals surface area (Å²) in [7, 11) is 0. The number of nitrogens with one attached hydrogen (secondary N) is 1. The van der Waals surface area contributed by atoms with E-state index in [-0.39, 0.29) is 11.7 Å². The van der Waals surface area contributed by atoms with Crippen molar-refractivity contribution in [3.63, 3.8) is 0 Å². The Bertz CT molecular complexity index is 638. The molecule has 1 aliphatic heterocycles. The maximum absolute atomic E-state index is 11.1. The maximum atomic E-state index is 11.1. The Kier molecular flexibility index (Phi) is 3.03. The predicted octanol–water partition coefficient (Wildman–Crippen LogP) is 1.76. The van der Waals surface area contributed by atoms with Crippen LogP contribution in [0.15, 0.2) is 28.9 Å². The van der Waals surface area contributed by atoms with Crippen LogP contribution in [0.2, 0.25) is 0 Å². The zero-order valence-electron chi connectivity index (χ0n) is 9.78. The molecule has 1 aliphatic rings. The van der Waals surface area contributed by atoms with E-state index >= 15 is 0 Å². The van der Waals surface area contributed by atoms with E-state index in [4.69, 9.17) is 0 Å². The topological polar surface area (TPSA) is 85.9 Å². The van der Waals surface area contributed by atoms with Gasteiger partial charge in [-0.15, -0.1) is 5.10 Å². The van der Waals surface area contributed by atoms with E-state index in [1.807, 2.05) is 0 Å². The maximum Gasteiger partial charge on any atom is 0.280 e. The van der Waals surface area contributed by atoms with Crippen molar-refractivity contribution in [3.05, 3.63) is 39.0 Å². The smallest absolute Gasteiger partial charge is 0.280 e. The fraction of sp³-hybridized carbons (Fsp3) is 0.273. The number of benzene rings is 1. The molecular formula is C11H10BrN5O2. The first kappa shape index (κ1) is 12.2. The third-order valence-corrected chi connectivity index (χ3v) is 3.57. The third kappa shape index (κ3) is 2.24. The summed E-state index contributed by atoms with van der Waals surface area (Å²) in [5.41, 5.74) is 1.02. The summed E-state index contributed by atoms with van der Waals surface area (Å²) in [6.07, 6.45) is 1.75. The van der Waals surface area contributed by atoms with Gasteiger partial charge in [0, 0.05) is 23.6 Å². The summed E-state index contributed by atoms with van der Waals surface area (Å²) in [6, 6.07) is 5.19. The molecule has 2 heterocycles. The molecule has 0 atom stereocenters. The van der Waals surface area contributed by atoms with Crippen LogP contribution in [-0.4, -0.2) is 33.0 Å². The molecule has 98 valence electrons. The summed E-state index contributed by atoms with van der Waals surface area (Å²) < 4.78 is 2.41. The summed E-state index contributed by atoms with van der Waals surface area (Å²) in [5.74, 6) is 0. The van der Waals surface area contributed by atoms with E-state index in [0.29, 0.717) is 15.7 Å². The van der Waals surface area contributed by atoms with Crippen LogP contribution in [0, 0.1) is 10.1 Å². The molecule has 0 bridgehead atoms. The minimum atomic E-state index is -0.413. The van der Waals surface area contributed by atoms with Gasteiger partial charge in [0.05, 0.1) is 22.7 Å². The highest BCUT2D eigenvalue weighted by Gasteiger charge is 2.23. The van der Waals surface area contributed by atoms with Crippen LogP contribution in [-0.2, 0) is 0 Å². The standard InChI is InChI=1S/C11H10BrN5O2/c12-7-1-2-9(11(3-7)17(18)19)10-6-16(15-14-10)8-4-13-5-8/h1-3,6,8,13H,4-5H2. The molecule has 2 aromatic rings. The molecule has 0 amide bonds. The molecule has 1 aromatic heterocycles. The van der Waals surface area contributed by atoms with Crippen molar-refractivity contribution in [3.8, 4) is 11.3 Å². The van der Waals surface area contributed by atoms with Gasteiger partial charge in [-0.05, 0) is 12.1 Å². The van der Waals surface area contributed by atoms with Gasteiger partial charge in [0.25, 0.3) is 5.69 Å². The van der Waals surface area contributed by atoms with Crippen molar-refractivity contribution < 1.29 is 4.92 Å². The Balaban J connectivity index is 2.01. The number of nitro benzene ring substituents is 1. The Morgan fingerprint density at radius 3 is 2.89 bits per heavy atom. The molecule has 3 rings (SSSR count). The van der Waals surface area contributed by atoms with Crippen molar-refractivity contribution in [1.82, 2.24) is 20.3 Å². The normalized spacial score (nSPS) is 15.2. The fourth-order valence-electron chi connectivity index (χ4n) is 1.91. The fourth-order valence-corrected chi connectivity index (χ4v) is 2.26. The SMILES string of the molecule is O=[N+]([O-])c1cc(Br)ccc1-c1cn(C2CNC2)nn1. The average molecular weight is 324 g/mol. The van der Waals surface area contributed by atoms with Gasteiger partial charge in [-0.2, -0.15) is 0 Å². The van der Waals surface area contributed by atoms with Gasteiger partial charge in [-0.25, -0.2) is 4.68 Å². The molecule has 0 radical (unpaired) electrons. The lowest BCUT2D eigenvalue weighted by molar-refractivity contribution is -0.384. The second-order valence-corrected chi connectivity index (χ2v) is 5.23. The lowest BCUT2D eigenvalue weighted by Gasteiger charge is -2.26. The van der Waals surface area contributed by atoms with Gasteiger partial charge >= 0.3 is 0 Å². The van der Waals surface area contributed by atoms with Gasteiger partial charge in [-0.1, -0.05) is 21.1 Å². The van der Waals surface area contributed by atoms with Crippen LogP contribution in [0.5, 0.6) is 0 Å². The Morgan fingerprint density at radius 1 is 1.47 bits per heavy atom. The quantitative estimate of drug-likeness (QED) is 0.687. The molecule has 0 spiro atoms. The first-order chi connectivity index (χ1) is 9.15. The van der Waals surface area contributed by atoms with Gasteiger partial charge in [-0.3, -0.25) is 10.1 Å². The minimum Gasteiger partial charge on any atom is -0.312 e. The van der Waals surface area contributed by atoms with Crippen molar-refractivity contribution in [1.29, 1.82) is 0 Å². The molecular weight excluding hydrogens is 314 g/mol. The van der Waals surface area contributed by atoms with Crippen LogP contribution >= 0.6 is 15.9 Å². The lowest BCUT2D eigenvalue weighted by Crippen LogP contribution is -2.43. The van der Waals surface area contributed by atoms with E-state index < -0.39 is 4.92 Å². The van der Waals surface area contributed by atoms with Gasteiger partial charge in [0.2, 0.25) is 0 Å². The van der Waals surface area contributed by atoms with Crippen molar-refractivity contribution in [2.45, 2.75) is 6.04 Å². The van der Waals surface area contributed by atoms with Crippen LogP contribution in [0.1, 0.15) is 6.04 Å². The second kappa shape index (κ2) is 4.71. The van der Waals surface area contributed by atoms with Gasteiger partial charge in [0.15, 0.2) is 0 Å². The Labute approximate surface area is 116 Å². The number of nitrogens with zero attached hydrogens (tertiary/aromatic N) is 4. The molecule has 1 saturated heterocycles. The highest BCUT2D eigenvalue weighted by Crippen LogP contribution is 2.31. The van der Waals surface area contributed by atoms with E-state index in [9.17, 15) is 10.1 Å². The zero-order valence-corrected chi connectivity index (χ0v) is 11.4. The first-order valence-corrected chi connectivity index (χ1v) is 6.51. The molecule has 0 aliphatic carbocycles. The third-order valence-electron chi connectivity index (χ3n) is 3.08. The first-order valence-electron chi connectivity index (χ1n) is 5.72. The summed E-state index contributed by atoms with van der Waals surface area (Å²) in [4.78, 5) is 10.7. The number of rotatable bonds is 3. The molecule has 0 saturated carbocycles. The number of hydrogen-bond donors (Lipinski definition) is 1. The predicted molar refractivity (Wildman–Crippen MR) is 71.7 cm³/mol. The van der Waals surface area contributed by atoms with E-state index in [1.165, 1.54) is 6.07 Å². The van der Waals surface area contributed by atoms with E-state index in [0.717, 1.165) is 13.1 Å². The molecule has 1 aromatic carbocycles. The van der Waals surface area contributed by atoms with E-state index in [1.54, 1.807) is 23.0 Å². The molecule has 0 unspecified atom stereocenters. The van der Waals surface area contributed by atoms with Crippen molar-refractivity contribution in [2.24, 2.45) is 0 Å². The molecule has 1 N–H and O–H groups in total. The molecule has 1 fully saturated rings. The second-order valence-electron chi connectivity index (χ2n) is 4.31. The Hall–Kier alpha value is -1.80. The minimum absolute atomic E-state index is 0.0214. The van der Waals surface area contributed by atoms with Crippen molar-refractivity contribution in [2.75, 3.05) is 13.1 Å². The van der Waals surface area contributed by atoms with Crippen LogP contribution in [0.3, 0.4) is 0 Å². The average Bonchev–Trinajstić information content (AvgIpc) is 2.75. The van der Waals surface area contributed by atoms with Gasteiger partial charge < -0.3 is 5.32 Å². The highest BCUT2D eigenvalue weighted by molar-refractivity contribution is 9.10. The molecule has 7 nitrogen and oxygen atoms in total. The van der Waals surface area contributed by atoms with Crippen LogP contribution in [0.4, 0.5) is 5.69 Å². The number of halogens is 1. The van der Waals surface area contributed by atoms with Crippen LogP contribution in [0.25, 0.3) is 11.3 Å².